The normalized spacial score (nSPS) is 10.9. The smallest absolute Gasteiger partial charge is 0.262 e. The summed E-state index contributed by atoms with van der Waals surface area (Å²) in [5, 5.41) is 4.42. The predicted octanol–water partition coefficient (Wildman–Crippen LogP) is 4.59. The third-order valence-corrected chi connectivity index (χ3v) is 5.54. The molecule has 152 valence electrons. The molecule has 6 nitrogen and oxygen atoms in total. The van der Waals surface area contributed by atoms with Gasteiger partial charge in [0.2, 0.25) is 5.91 Å². The molecule has 0 saturated heterocycles. The van der Waals surface area contributed by atoms with Crippen LogP contribution in [0.4, 0.5) is 5.69 Å². The van der Waals surface area contributed by atoms with E-state index in [-0.39, 0.29) is 17.2 Å². The van der Waals surface area contributed by atoms with Crippen LogP contribution in [-0.4, -0.2) is 28.3 Å². The fraction of sp³-hybridized carbons (Fsp3) is 0.286. The lowest BCUT2D eigenvalue weighted by Crippen LogP contribution is -2.24. The maximum absolute atomic E-state index is 12.9. The molecule has 1 N–H and O–H groups in total. The maximum atomic E-state index is 12.9. The highest BCUT2D eigenvalue weighted by Crippen LogP contribution is 2.28. The molecule has 0 spiro atoms. The van der Waals surface area contributed by atoms with Crippen LogP contribution in [0.25, 0.3) is 10.9 Å². The van der Waals surface area contributed by atoms with E-state index in [0.29, 0.717) is 39.1 Å². The Bertz CT molecular complexity index is 1080. The number of nitrogens with zero attached hydrogens (tertiary/aromatic N) is 2. The van der Waals surface area contributed by atoms with Crippen LogP contribution in [0.5, 0.6) is 5.75 Å². The molecule has 1 aromatic heterocycles. The Balaban J connectivity index is 1.81. The zero-order chi connectivity index (χ0) is 20.8. The molecule has 0 bridgehead atoms. The molecule has 3 aromatic rings. The summed E-state index contributed by atoms with van der Waals surface area (Å²) in [7, 11) is 1.53. The summed E-state index contributed by atoms with van der Waals surface area (Å²) in [6.45, 7) is 2.64. The van der Waals surface area contributed by atoms with Crippen LogP contribution in [0.2, 0.25) is 5.02 Å². The summed E-state index contributed by atoms with van der Waals surface area (Å²) < 4.78 is 6.91. The summed E-state index contributed by atoms with van der Waals surface area (Å²) in [4.78, 5) is 30.0. The number of methoxy groups -OCH3 is 1. The van der Waals surface area contributed by atoms with Crippen molar-refractivity contribution in [3.8, 4) is 5.75 Å². The number of hydrogen-bond acceptors (Lipinski definition) is 5. The predicted molar refractivity (Wildman–Crippen MR) is 118 cm³/mol. The third kappa shape index (κ3) is 5.10. The molecule has 0 unspecified atom stereocenters. The van der Waals surface area contributed by atoms with Gasteiger partial charge in [0.1, 0.15) is 5.75 Å². The van der Waals surface area contributed by atoms with E-state index < -0.39 is 0 Å². The van der Waals surface area contributed by atoms with Crippen LogP contribution >= 0.6 is 23.4 Å². The minimum atomic E-state index is -0.236. The molecule has 0 fully saturated rings. The number of nitrogens with one attached hydrogen (secondary N) is 1. The van der Waals surface area contributed by atoms with Crippen LogP contribution in [0, 0.1) is 0 Å². The van der Waals surface area contributed by atoms with E-state index in [9.17, 15) is 9.59 Å². The van der Waals surface area contributed by atoms with Crippen molar-refractivity contribution in [3.05, 3.63) is 57.8 Å². The van der Waals surface area contributed by atoms with Crippen LogP contribution < -0.4 is 15.6 Å². The SMILES string of the molecule is CCCCn1c(SCC(=O)Nc2cc(Cl)ccc2OC)nc2ccccc2c1=O. The topological polar surface area (TPSA) is 73.2 Å². The van der Waals surface area contributed by atoms with Crippen molar-refractivity contribution in [1.82, 2.24) is 9.55 Å². The van der Waals surface area contributed by atoms with Crippen LogP contribution in [-0.2, 0) is 11.3 Å². The molecule has 2 aromatic carbocycles. The summed E-state index contributed by atoms with van der Waals surface area (Å²) in [6.07, 6.45) is 1.82. The number of thioether (sulfide) groups is 1. The van der Waals surface area contributed by atoms with Crippen molar-refractivity contribution in [2.75, 3.05) is 18.2 Å². The number of benzene rings is 2. The van der Waals surface area contributed by atoms with E-state index in [1.54, 1.807) is 28.8 Å². The third-order valence-electron chi connectivity index (χ3n) is 4.33. The highest BCUT2D eigenvalue weighted by molar-refractivity contribution is 7.99. The maximum Gasteiger partial charge on any atom is 0.262 e. The minimum absolute atomic E-state index is 0.0801. The number of fused-ring (bicyclic) bond motifs is 1. The van der Waals surface area contributed by atoms with E-state index in [0.717, 1.165) is 12.8 Å². The number of carbonyl (C=O) groups excluding carboxylic acids is 1. The van der Waals surface area contributed by atoms with Gasteiger partial charge in [-0.25, -0.2) is 4.98 Å². The lowest BCUT2D eigenvalue weighted by atomic mass is 10.2. The van der Waals surface area contributed by atoms with Gasteiger partial charge in [-0.1, -0.05) is 48.8 Å². The Morgan fingerprint density at radius 2 is 2.07 bits per heavy atom. The first-order chi connectivity index (χ1) is 14.0. The van der Waals surface area contributed by atoms with Crippen molar-refractivity contribution in [3.63, 3.8) is 0 Å². The molecular formula is C21H22ClN3O3S. The highest BCUT2D eigenvalue weighted by Gasteiger charge is 2.14. The van der Waals surface area contributed by atoms with E-state index in [1.807, 2.05) is 18.2 Å². The molecule has 0 atom stereocenters. The quantitative estimate of drug-likeness (QED) is 0.417. The number of aromatic nitrogens is 2. The second-order valence-corrected chi connectivity index (χ2v) is 7.78. The average molecular weight is 432 g/mol. The Hall–Kier alpha value is -2.51. The van der Waals surface area contributed by atoms with Gasteiger partial charge in [-0.3, -0.25) is 14.2 Å². The second kappa shape index (κ2) is 9.80. The van der Waals surface area contributed by atoms with Crippen LogP contribution in [0.15, 0.2) is 52.4 Å². The summed E-state index contributed by atoms with van der Waals surface area (Å²) in [5.74, 6) is 0.392. The number of rotatable bonds is 8. The molecule has 3 rings (SSSR count). The number of hydrogen-bond donors (Lipinski definition) is 1. The molecule has 0 radical (unpaired) electrons. The minimum Gasteiger partial charge on any atom is -0.495 e. The lowest BCUT2D eigenvalue weighted by molar-refractivity contribution is -0.113. The number of halogens is 1. The number of ether oxygens (including phenoxy) is 1. The molecule has 0 saturated carbocycles. The standard InChI is InChI=1S/C21H22ClN3O3S/c1-3-4-11-25-20(27)15-7-5-6-8-16(15)24-21(25)29-13-19(26)23-17-12-14(22)9-10-18(17)28-2/h5-10,12H,3-4,11,13H2,1-2H3,(H,23,26). The molecular weight excluding hydrogens is 410 g/mol. The number of unbranched alkanes of at least 4 members (excludes halogenated alkanes) is 1. The Kier molecular flexibility index (Phi) is 7.17. The van der Waals surface area contributed by atoms with Crippen molar-refractivity contribution >= 4 is 45.9 Å². The van der Waals surface area contributed by atoms with Crippen LogP contribution in [0.3, 0.4) is 0 Å². The van der Waals surface area contributed by atoms with Gasteiger partial charge in [0.25, 0.3) is 5.56 Å². The molecule has 8 heteroatoms. The Labute approximate surface area is 178 Å². The zero-order valence-corrected chi connectivity index (χ0v) is 17.8. The first-order valence-electron chi connectivity index (χ1n) is 9.29. The Morgan fingerprint density at radius 1 is 1.28 bits per heavy atom. The second-order valence-electron chi connectivity index (χ2n) is 6.40. The molecule has 1 amide bonds. The number of para-hydroxylation sites is 1. The largest absolute Gasteiger partial charge is 0.495 e. The van der Waals surface area contributed by atoms with E-state index in [4.69, 9.17) is 16.3 Å². The molecule has 0 aliphatic carbocycles. The zero-order valence-electron chi connectivity index (χ0n) is 16.3. The Morgan fingerprint density at radius 3 is 2.83 bits per heavy atom. The van der Waals surface area contributed by atoms with Gasteiger partial charge in [0.15, 0.2) is 5.16 Å². The first kappa shape index (κ1) is 21.2. The van der Waals surface area contributed by atoms with E-state index in [1.165, 1.54) is 18.9 Å². The first-order valence-corrected chi connectivity index (χ1v) is 10.7. The van der Waals surface area contributed by atoms with Crippen molar-refractivity contribution < 1.29 is 9.53 Å². The summed E-state index contributed by atoms with van der Waals surface area (Å²) in [5.41, 5.74) is 1.05. The van der Waals surface area contributed by atoms with Crippen molar-refractivity contribution in [2.45, 2.75) is 31.5 Å². The lowest BCUT2D eigenvalue weighted by Gasteiger charge is -2.13. The number of anilines is 1. The summed E-state index contributed by atoms with van der Waals surface area (Å²) >= 11 is 7.25. The highest BCUT2D eigenvalue weighted by atomic mass is 35.5. The average Bonchev–Trinajstić information content (AvgIpc) is 2.72. The fourth-order valence-corrected chi connectivity index (χ4v) is 3.86. The van der Waals surface area contributed by atoms with E-state index in [2.05, 4.69) is 17.2 Å². The van der Waals surface area contributed by atoms with Gasteiger partial charge in [0, 0.05) is 11.6 Å². The monoisotopic (exact) mass is 431 g/mol. The van der Waals surface area contributed by atoms with Gasteiger partial charge in [-0.05, 0) is 36.8 Å². The van der Waals surface area contributed by atoms with E-state index >= 15 is 0 Å². The van der Waals surface area contributed by atoms with Gasteiger partial charge < -0.3 is 10.1 Å². The van der Waals surface area contributed by atoms with Crippen molar-refractivity contribution in [2.24, 2.45) is 0 Å². The van der Waals surface area contributed by atoms with Crippen molar-refractivity contribution in [1.29, 1.82) is 0 Å². The van der Waals surface area contributed by atoms with Gasteiger partial charge in [0.05, 0.1) is 29.5 Å². The van der Waals surface area contributed by atoms with Gasteiger partial charge in [-0.15, -0.1) is 0 Å². The number of amides is 1. The number of carbonyl (C=O) groups is 1. The van der Waals surface area contributed by atoms with Gasteiger partial charge in [-0.2, -0.15) is 0 Å². The molecule has 0 aliphatic rings. The molecule has 29 heavy (non-hydrogen) atoms. The molecule has 0 aliphatic heterocycles. The van der Waals surface area contributed by atoms with Gasteiger partial charge >= 0.3 is 0 Å². The summed E-state index contributed by atoms with van der Waals surface area (Å²) in [6, 6.07) is 12.3. The fourth-order valence-electron chi connectivity index (χ4n) is 2.87. The molecule has 1 heterocycles. The van der Waals surface area contributed by atoms with Crippen LogP contribution in [0.1, 0.15) is 19.8 Å².